The predicted molar refractivity (Wildman–Crippen MR) is 109 cm³/mol. The molecule has 1 amide bonds. The van der Waals surface area contributed by atoms with Crippen LogP contribution < -0.4 is 0 Å². The van der Waals surface area contributed by atoms with Crippen molar-refractivity contribution in [1.29, 1.82) is 0 Å². The third-order valence-corrected chi connectivity index (χ3v) is 5.23. The molecule has 0 spiro atoms. The zero-order valence-electron chi connectivity index (χ0n) is 16.3. The molecule has 6 nitrogen and oxygen atoms in total. The molecule has 3 aromatic rings. The smallest absolute Gasteiger partial charge is 0.295 e. The van der Waals surface area contributed by atoms with E-state index in [1.54, 1.807) is 18.3 Å². The monoisotopic (exact) mass is 405 g/mol. The van der Waals surface area contributed by atoms with Crippen LogP contribution in [0.5, 0.6) is 0 Å². The van der Waals surface area contributed by atoms with Crippen molar-refractivity contribution in [1.82, 2.24) is 14.9 Å². The molecule has 0 radical (unpaired) electrons. The number of nitrogens with one attached hydrogen (secondary N) is 1. The fraction of sp³-hybridized carbons (Fsp3) is 0.174. The van der Waals surface area contributed by atoms with E-state index in [2.05, 4.69) is 9.97 Å². The highest BCUT2D eigenvalue weighted by atomic mass is 19.1. The second-order valence-electron chi connectivity index (χ2n) is 7.24. The number of rotatable bonds is 5. The van der Waals surface area contributed by atoms with Crippen LogP contribution in [0.2, 0.25) is 0 Å². The summed E-state index contributed by atoms with van der Waals surface area (Å²) in [6.07, 6.45) is 3.64. The van der Waals surface area contributed by atoms with Gasteiger partial charge in [0.05, 0.1) is 17.9 Å². The molecule has 1 saturated heterocycles. The third-order valence-electron chi connectivity index (χ3n) is 5.23. The van der Waals surface area contributed by atoms with E-state index < -0.39 is 23.5 Å². The second kappa shape index (κ2) is 7.94. The molecule has 1 aliphatic rings. The molecule has 1 aliphatic heterocycles. The minimum atomic E-state index is -0.810. The van der Waals surface area contributed by atoms with E-state index in [9.17, 15) is 19.1 Å². The van der Waals surface area contributed by atoms with Crippen LogP contribution in [-0.2, 0) is 16.0 Å². The Labute approximate surface area is 172 Å². The number of aryl methyl sites for hydroxylation is 1. The van der Waals surface area contributed by atoms with Crippen LogP contribution in [0.15, 0.2) is 66.6 Å². The van der Waals surface area contributed by atoms with Crippen LogP contribution in [0.3, 0.4) is 0 Å². The minimum absolute atomic E-state index is 0.0000666. The first-order valence-electron chi connectivity index (χ1n) is 9.54. The Morgan fingerprint density at radius 1 is 1.13 bits per heavy atom. The Morgan fingerprint density at radius 2 is 1.83 bits per heavy atom. The lowest BCUT2D eigenvalue weighted by molar-refractivity contribution is -0.139. The number of ketones is 1. The van der Waals surface area contributed by atoms with E-state index in [1.807, 2.05) is 19.1 Å². The maximum absolute atomic E-state index is 13.5. The molecule has 0 bridgehead atoms. The first kappa shape index (κ1) is 19.6. The summed E-state index contributed by atoms with van der Waals surface area (Å²) in [5, 5.41) is 10.9. The van der Waals surface area contributed by atoms with Crippen LogP contribution in [-0.4, -0.2) is 38.2 Å². The largest absolute Gasteiger partial charge is 0.507 e. The summed E-state index contributed by atoms with van der Waals surface area (Å²) in [6, 6.07) is 11.8. The number of benzene rings is 2. The number of aromatic nitrogens is 2. The maximum atomic E-state index is 13.5. The van der Waals surface area contributed by atoms with Crippen LogP contribution in [0.25, 0.3) is 5.76 Å². The SMILES string of the molecule is Cc1ccc(/C(O)=C2\C(=O)C(=O)N(CCc3cnc[nH]3)C2c2ccc(F)cc2)cc1. The number of halogens is 1. The highest BCUT2D eigenvalue weighted by molar-refractivity contribution is 6.46. The Balaban J connectivity index is 1.79. The van der Waals surface area contributed by atoms with E-state index in [1.165, 1.54) is 35.5 Å². The van der Waals surface area contributed by atoms with Gasteiger partial charge in [-0.05, 0) is 24.6 Å². The molecule has 2 heterocycles. The molecule has 1 aromatic heterocycles. The van der Waals surface area contributed by atoms with Crippen molar-refractivity contribution in [2.75, 3.05) is 6.54 Å². The highest BCUT2D eigenvalue weighted by Gasteiger charge is 2.45. The predicted octanol–water partition coefficient (Wildman–Crippen LogP) is 3.52. The standard InChI is InChI=1S/C23H20FN3O3/c1-14-2-4-16(5-3-14)21(28)19-20(15-6-8-17(24)9-7-15)27(23(30)22(19)29)11-10-18-12-25-13-26-18/h2-9,12-13,20,28H,10-11H2,1H3,(H,25,26)/b21-19+. The first-order valence-corrected chi connectivity index (χ1v) is 9.54. The van der Waals surface area contributed by atoms with E-state index in [-0.39, 0.29) is 17.9 Å². The summed E-state index contributed by atoms with van der Waals surface area (Å²) in [5.41, 5.74) is 2.81. The van der Waals surface area contributed by atoms with Crippen molar-refractivity contribution in [2.45, 2.75) is 19.4 Å². The number of carbonyl (C=O) groups is 2. The molecule has 152 valence electrons. The summed E-state index contributed by atoms with van der Waals surface area (Å²) in [4.78, 5) is 34.1. The average molecular weight is 405 g/mol. The van der Waals surface area contributed by atoms with Crippen LogP contribution in [0, 0.1) is 12.7 Å². The summed E-state index contributed by atoms with van der Waals surface area (Å²) in [5.74, 6) is -2.12. The molecule has 7 heteroatoms. The summed E-state index contributed by atoms with van der Waals surface area (Å²) in [7, 11) is 0. The molecule has 30 heavy (non-hydrogen) atoms. The molecule has 0 saturated carbocycles. The van der Waals surface area contributed by atoms with E-state index >= 15 is 0 Å². The van der Waals surface area contributed by atoms with Crippen molar-refractivity contribution < 1.29 is 19.1 Å². The lowest BCUT2D eigenvalue weighted by atomic mass is 9.95. The number of imidazole rings is 1. The number of aliphatic hydroxyl groups excluding tert-OH is 1. The number of hydrogen-bond acceptors (Lipinski definition) is 4. The summed E-state index contributed by atoms with van der Waals surface area (Å²) < 4.78 is 13.5. The third kappa shape index (κ3) is 3.61. The van der Waals surface area contributed by atoms with Gasteiger partial charge in [0.2, 0.25) is 0 Å². The lowest BCUT2D eigenvalue weighted by Crippen LogP contribution is -2.31. The van der Waals surface area contributed by atoms with Gasteiger partial charge in [-0.25, -0.2) is 9.37 Å². The molecule has 1 unspecified atom stereocenters. The maximum Gasteiger partial charge on any atom is 0.295 e. The number of H-pyrrole nitrogens is 1. The second-order valence-corrected chi connectivity index (χ2v) is 7.24. The van der Waals surface area contributed by atoms with Gasteiger partial charge in [0.25, 0.3) is 11.7 Å². The van der Waals surface area contributed by atoms with Crippen LogP contribution in [0.4, 0.5) is 4.39 Å². The molecular formula is C23H20FN3O3. The van der Waals surface area contributed by atoms with Gasteiger partial charge in [-0.15, -0.1) is 0 Å². The van der Waals surface area contributed by atoms with Crippen LogP contribution >= 0.6 is 0 Å². The molecule has 1 atom stereocenters. The van der Waals surface area contributed by atoms with Gasteiger partial charge in [-0.3, -0.25) is 9.59 Å². The van der Waals surface area contributed by atoms with Crippen molar-refractivity contribution in [2.24, 2.45) is 0 Å². The van der Waals surface area contributed by atoms with Gasteiger partial charge >= 0.3 is 0 Å². The topological polar surface area (TPSA) is 86.3 Å². The van der Waals surface area contributed by atoms with Gasteiger partial charge in [-0.2, -0.15) is 0 Å². The van der Waals surface area contributed by atoms with Crippen LogP contribution in [0.1, 0.15) is 28.4 Å². The highest BCUT2D eigenvalue weighted by Crippen LogP contribution is 2.39. The van der Waals surface area contributed by atoms with E-state index in [4.69, 9.17) is 0 Å². The molecular weight excluding hydrogens is 385 g/mol. The number of Topliss-reactive ketones (excluding diaryl/α,β-unsaturated/α-hetero) is 1. The molecule has 1 fully saturated rings. The van der Waals surface area contributed by atoms with Gasteiger partial charge < -0.3 is 15.0 Å². The van der Waals surface area contributed by atoms with Crippen molar-refractivity contribution >= 4 is 17.4 Å². The van der Waals surface area contributed by atoms with Gasteiger partial charge in [0.15, 0.2) is 0 Å². The van der Waals surface area contributed by atoms with Crippen molar-refractivity contribution in [3.63, 3.8) is 0 Å². The number of amides is 1. The number of aromatic amines is 1. The first-order chi connectivity index (χ1) is 14.5. The summed E-state index contributed by atoms with van der Waals surface area (Å²) >= 11 is 0. The minimum Gasteiger partial charge on any atom is -0.507 e. The van der Waals surface area contributed by atoms with Gasteiger partial charge in [0.1, 0.15) is 11.6 Å². The molecule has 2 aromatic carbocycles. The van der Waals surface area contributed by atoms with E-state index in [0.29, 0.717) is 17.5 Å². The lowest BCUT2D eigenvalue weighted by Gasteiger charge is -2.25. The number of likely N-dealkylation sites (tertiary alicyclic amines) is 1. The Kier molecular flexibility index (Phi) is 5.18. The number of nitrogens with zero attached hydrogens (tertiary/aromatic N) is 2. The summed E-state index contributed by atoms with van der Waals surface area (Å²) in [6.45, 7) is 2.15. The Hall–Kier alpha value is -3.74. The van der Waals surface area contributed by atoms with Gasteiger partial charge in [-0.1, -0.05) is 42.0 Å². The van der Waals surface area contributed by atoms with Crippen molar-refractivity contribution in [3.05, 3.63) is 94.8 Å². The Morgan fingerprint density at radius 3 is 2.47 bits per heavy atom. The van der Waals surface area contributed by atoms with Gasteiger partial charge in [0, 0.05) is 30.4 Å². The molecule has 2 N–H and O–H groups in total. The zero-order valence-corrected chi connectivity index (χ0v) is 16.3. The Bertz CT molecular complexity index is 1100. The molecule has 4 rings (SSSR count). The zero-order chi connectivity index (χ0) is 21.3. The normalized spacial score (nSPS) is 18.2. The fourth-order valence-electron chi connectivity index (χ4n) is 3.63. The molecule has 0 aliphatic carbocycles. The quantitative estimate of drug-likeness (QED) is 0.386. The number of carbonyl (C=O) groups excluding carboxylic acids is 2. The average Bonchev–Trinajstić information content (AvgIpc) is 3.34. The number of hydrogen-bond donors (Lipinski definition) is 2. The van der Waals surface area contributed by atoms with E-state index in [0.717, 1.165) is 11.3 Å². The number of aliphatic hydroxyl groups is 1. The van der Waals surface area contributed by atoms with Crippen molar-refractivity contribution in [3.8, 4) is 0 Å². The fourth-order valence-corrected chi connectivity index (χ4v) is 3.63.